The Kier molecular flexibility index (Phi) is 17.8. The largest absolute Gasteiger partial charge is 0.466 e. The molecule has 6 heteroatoms. The fraction of sp³-hybridized carbons (Fsp3) is 0.600. The third-order valence-corrected chi connectivity index (χ3v) is 2.86. The van der Waals surface area contributed by atoms with E-state index in [1.807, 2.05) is 12.1 Å². The van der Waals surface area contributed by atoms with E-state index in [1.165, 1.54) is 56.9 Å². The van der Waals surface area contributed by atoms with E-state index in [-0.39, 0.29) is 40.8 Å². The van der Waals surface area contributed by atoms with Crippen molar-refractivity contribution in [1.29, 1.82) is 0 Å². The predicted octanol–water partition coefficient (Wildman–Crippen LogP) is 3.85. The Morgan fingerprint density at radius 1 is 0.952 bits per heavy atom. The number of aryl methyl sites for hydroxylation is 1. The summed E-state index contributed by atoms with van der Waals surface area (Å²) in [5.41, 5.74) is 1.46. The first kappa shape index (κ1) is 23.9. The van der Waals surface area contributed by atoms with Crippen LogP contribution >= 0.6 is 7.82 Å². The fourth-order valence-electron chi connectivity index (χ4n) is 1.87. The van der Waals surface area contributed by atoms with Crippen molar-refractivity contribution >= 4 is 7.82 Å². The Morgan fingerprint density at radius 3 is 1.86 bits per heavy atom. The third kappa shape index (κ3) is 23.1. The van der Waals surface area contributed by atoms with E-state index in [0.717, 1.165) is 0 Å². The zero-order valence-corrected chi connectivity index (χ0v) is 16.8. The van der Waals surface area contributed by atoms with Crippen molar-refractivity contribution < 1.29 is 60.1 Å². The van der Waals surface area contributed by atoms with Crippen LogP contribution in [0.1, 0.15) is 57.4 Å². The van der Waals surface area contributed by atoms with Crippen molar-refractivity contribution in [2.75, 3.05) is 0 Å². The second kappa shape index (κ2) is 15.6. The van der Waals surface area contributed by atoms with E-state index in [4.69, 9.17) is 19.2 Å². The summed E-state index contributed by atoms with van der Waals surface area (Å²) in [6.07, 6.45) is 11.0. The van der Waals surface area contributed by atoms with Crippen LogP contribution in [0.3, 0.4) is 0 Å². The van der Waals surface area contributed by atoms with Crippen molar-refractivity contribution in [2.45, 2.75) is 58.3 Å². The van der Waals surface area contributed by atoms with Gasteiger partial charge in [-0.2, -0.15) is 35.9 Å². The quantitative estimate of drug-likeness (QED) is 0.323. The van der Waals surface area contributed by atoms with Crippen LogP contribution in [0.15, 0.2) is 24.3 Å². The summed E-state index contributed by atoms with van der Waals surface area (Å²) in [7, 11) is -4.64. The summed E-state index contributed by atoms with van der Waals surface area (Å²) in [5.74, 6) is 0. The normalized spacial score (nSPS) is 10.3. The summed E-state index contributed by atoms with van der Waals surface area (Å²) in [6.45, 7) is 2.27. The first-order chi connectivity index (χ1) is 9.43. The molecule has 0 atom stereocenters. The van der Waals surface area contributed by atoms with Gasteiger partial charge in [0.15, 0.2) is 0 Å². The molecule has 0 unspecified atom stereocenters. The molecule has 0 saturated carbocycles. The molecule has 3 N–H and O–H groups in total. The van der Waals surface area contributed by atoms with Gasteiger partial charge >= 0.3 is 7.82 Å². The molecule has 120 valence electrons. The molecule has 0 amide bonds. The Bertz CT molecular complexity index is 359. The Morgan fingerprint density at radius 2 is 1.38 bits per heavy atom. The summed E-state index contributed by atoms with van der Waals surface area (Å²) in [4.78, 5) is 21.6. The number of phosphoric acid groups is 1. The molecule has 0 aliphatic carbocycles. The van der Waals surface area contributed by atoms with Gasteiger partial charge in [0, 0.05) is 40.8 Å². The molecule has 1 aromatic rings. The minimum Gasteiger partial charge on any atom is -0.303 e. The maximum absolute atomic E-state index is 8.88. The van der Waals surface area contributed by atoms with Crippen LogP contribution in [0.4, 0.5) is 0 Å². The number of hydrogen-bond acceptors (Lipinski definition) is 1. The Balaban J connectivity index is 0. The molecule has 0 aromatic heterocycles. The number of hydrogen-bond donors (Lipinski definition) is 3. The van der Waals surface area contributed by atoms with Crippen molar-refractivity contribution in [3.63, 3.8) is 0 Å². The maximum Gasteiger partial charge on any atom is 0.466 e. The van der Waals surface area contributed by atoms with Crippen molar-refractivity contribution in [3.8, 4) is 0 Å². The van der Waals surface area contributed by atoms with Crippen molar-refractivity contribution in [3.05, 3.63) is 35.9 Å². The molecule has 0 fully saturated rings. The van der Waals surface area contributed by atoms with Gasteiger partial charge in [0.1, 0.15) is 0 Å². The molecule has 4 nitrogen and oxygen atoms in total. The minimum atomic E-state index is -4.64. The molecule has 1 aromatic carbocycles. The molecule has 0 saturated heterocycles. The van der Waals surface area contributed by atoms with Crippen LogP contribution in [0.5, 0.6) is 0 Å². The fourth-order valence-corrected chi connectivity index (χ4v) is 1.87. The maximum atomic E-state index is 8.88. The van der Waals surface area contributed by atoms with Crippen molar-refractivity contribution in [2.24, 2.45) is 0 Å². The van der Waals surface area contributed by atoms with Crippen LogP contribution in [0.2, 0.25) is 0 Å². The molecule has 1 rings (SSSR count). The van der Waals surface area contributed by atoms with Crippen LogP contribution < -0.4 is 0 Å². The van der Waals surface area contributed by atoms with Crippen LogP contribution in [0.25, 0.3) is 0 Å². The number of unbranched alkanes of at least 4 members (excludes halogenated alkanes) is 6. The standard InChI is InChI=1S/C15H23.Nd.H3O4P/c1-2-3-4-5-6-7-9-12-15-13-10-8-11-14-15;;1-5(2,3)4/h10-11,13-14H,2-7,9,12H2,1H3;;(H3,1,2,3,4)/q-1;;. The summed E-state index contributed by atoms with van der Waals surface area (Å²) in [6, 6.07) is 11.4. The average Bonchev–Trinajstić information content (AvgIpc) is 2.37. The molecular weight excluding hydrogens is 419 g/mol. The molecule has 0 radical (unpaired) electrons. The van der Waals surface area contributed by atoms with Gasteiger partial charge in [-0.05, 0) is 0 Å². The molecule has 0 bridgehead atoms. The summed E-state index contributed by atoms with van der Waals surface area (Å²) in [5, 5.41) is 0. The minimum absolute atomic E-state index is 0. The first-order valence-electron chi connectivity index (χ1n) is 7.16. The first-order valence-corrected chi connectivity index (χ1v) is 8.73. The van der Waals surface area contributed by atoms with Crippen molar-refractivity contribution in [1.82, 2.24) is 0 Å². The summed E-state index contributed by atoms with van der Waals surface area (Å²) >= 11 is 0. The number of benzene rings is 1. The SMILES string of the molecule is CCCCCCCCCc1cc[c-]cc1.O=P(O)(O)O.[Nd]. The van der Waals surface area contributed by atoms with Crippen LogP contribution in [-0.2, 0) is 11.0 Å². The van der Waals surface area contributed by atoms with Crippen LogP contribution in [0, 0.1) is 46.9 Å². The average molecular weight is 446 g/mol. The second-order valence-electron chi connectivity index (χ2n) is 4.79. The smallest absolute Gasteiger partial charge is 0.303 e. The van der Waals surface area contributed by atoms with Gasteiger partial charge in [-0.1, -0.05) is 58.3 Å². The van der Waals surface area contributed by atoms with E-state index >= 15 is 0 Å². The van der Waals surface area contributed by atoms with Crippen LogP contribution in [-0.4, -0.2) is 14.7 Å². The molecule has 0 spiro atoms. The van der Waals surface area contributed by atoms with Gasteiger partial charge in [-0.3, -0.25) is 0 Å². The number of rotatable bonds is 8. The third-order valence-electron chi connectivity index (χ3n) is 2.86. The van der Waals surface area contributed by atoms with E-state index in [2.05, 4.69) is 25.1 Å². The Labute approximate surface area is 161 Å². The molecule has 21 heavy (non-hydrogen) atoms. The van der Waals surface area contributed by atoms with Gasteiger partial charge in [0.25, 0.3) is 0 Å². The van der Waals surface area contributed by atoms with Gasteiger partial charge in [0.05, 0.1) is 0 Å². The van der Waals surface area contributed by atoms with E-state index < -0.39 is 7.82 Å². The second-order valence-corrected chi connectivity index (χ2v) is 5.82. The zero-order chi connectivity index (χ0) is 15.3. The van der Waals surface area contributed by atoms with E-state index in [1.54, 1.807) is 0 Å². The van der Waals surface area contributed by atoms with E-state index in [0.29, 0.717) is 0 Å². The van der Waals surface area contributed by atoms with Gasteiger partial charge < -0.3 is 14.7 Å². The van der Waals surface area contributed by atoms with Gasteiger partial charge in [-0.15, -0.1) is 0 Å². The van der Waals surface area contributed by atoms with Gasteiger partial charge in [-0.25, -0.2) is 4.57 Å². The molecule has 0 heterocycles. The topological polar surface area (TPSA) is 77.8 Å². The predicted molar refractivity (Wildman–Crippen MR) is 81.2 cm³/mol. The van der Waals surface area contributed by atoms with E-state index in [9.17, 15) is 0 Å². The monoisotopic (exact) mass is 443 g/mol. The zero-order valence-electron chi connectivity index (χ0n) is 12.7. The molecule has 0 aliphatic heterocycles. The summed E-state index contributed by atoms with van der Waals surface area (Å²) < 4.78 is 8.88. The van der Waals surface area contributed by atoms with Gasteiger partial charge in [0.2, 0.25) is 0 Å². The molecule has 0 aliphatic rings. The Hall–Kier alpha value is 0.681. The molecular formula is C15H26NdO4P-.